The van der Waals surface area contributed by atoms with E-state index in [2.05, 4.69) is 27.2 Å². The first-order valence-corrected chi connectivity index (χ1v) is 8.64. The number of nitrogens with one attached hydrogen (secondary N) is 1. The van der Waals surface area contributed by atoms with Crippen molar-refractivity contribution in [3.63, 3.8) is 0 Å². The molecular formula is C17H17FN4OS. The molecule has 1 N–H and O–H groups in total. The zero-order valence-electron chi connectivity index (χ0n) is 13.4. The number of ether oxygens (including phenoxy) is 1. The van der Waals surface area contributed by atoms with Gasteiger partial charge in [0.15, 0.2) is 11.6 Å². The maximum absolute atomic E-state index is 13.9. The SMILES string of the molecule is COc1cc2c(NC(c3ncc(C)s3)C3CC3)ncnc2cc1F. The standard InChI is InChI=1S/C17H17FN4OS/c1-9-7-19-17(24-9)15(10-3-4-10)22-16-11-5-14(23-2)12(18)6-13(11)20-8-21-16/h5-8,10,15H,3-4H2,1-2H3,(H,20,21,22). The molecule has 4 rings (SSSR count). The number of halogens is 1. The molecule has 1 atom stereocenters. The average molecular weight is 344 g/mol. The lowest BCUT2D eigenvalue weighted by Gasteiger charge is -2.18. The summed E-state index contributed by atoms with van der Waals surface area (Å²) in [5.41, 5.74) is 0.552. The lowest BCUT2D eigenvalue weighted by Crippen LogP contribution is -2.14. The number of rotatable bonds is 5. The second-order valence-electron chi connectivity index (χ2n) is 5.99. The Morgan fingerprint density at radius 1 is 1.29 bits per heavy atom. The smallest absolute Gasteiger partial charge is 0.167 e. The molecule has 1 saturated carbocycles. The number of anilines is 1. The number of thiazole rings is 1. The van der Waals surface area contributed by atoms with E-state index in [9.17, 15) is 4.39 Å². The number of hydrogen-bond acceptors (Lipinski definition) is 6. The summed E-state index contributed by atoms with van der Waals surface area (Å²) in [4.78, 5) is 14.3. The molecule has 1 fully saturated rings. The second kappa shape index (κ2) is 5.98. The maximum atomic E-state index is 13.9. The summed E-state index contributed by atoms with van der Waals surface area (Å²) < 4.78 is 19.0. The summed E-state index contributed by atoms with van der Waals surface area (Å²) in [5.74, 6) is 1.00. The van der Waals surface area contributed by atoms with Gasteiger partial charge in [-0.2, -0.15) is 0 Å². The lowest BCUT2D eigenvalue weighted by molar-refractivity contribution is 0.387. The quantitative estimate of drug-likeness (QED) is 0.755. The Hall–Kier alpha value is -2.28. The van der Waals surface area contributed by atoms with E-state index in [0.29, 0.717) is 17.3 Å². The van der Waals surface area contributed by atoms with E-state index in [1.54, 1.807) is 17.4 Å². The topological polar surface area (TPSA) is 59.9 Å². The molecule has 5 nitrogen and oxygen atoms in total. The minimum Gasteiger partial charge on any atom is -0.494 e. The van der Waals surface area contributed by atoms with Crippen LogP contribution in [-0.2, 0) is 0 Å². The molecule has 24 heavy (non-hydrogen) atoms. The first-order valence-electron chi connectivity index (χ1n) is 7.83. The molecule has 3 aromatic rings. The van der Waals surface area contributed by atoms with Crippen LogP contribution in [0.2, 0.25) is 0 Å². The minimum atomic E-state index is -0.427. The summed E-state index contributed by atoms with van der Waals surface area (Å²) in [6, 6.07) is 3.14. The summed E-state index contributed by atoms with van der Waals surface area (Å²) in [6.07, 6.45) is 5.70. The molecule has 0 amide bonds. The summed E-state index contributed by atoms with van der Waals surface area (Å²) in [5, 5.41) is 5.31. The maximum Gasteiger partial charge on any atom is 0.167 e. The second-order valence-corrected chi connectivity index (χ2v) is 7.26. The Balaban J connectivity index is 1.75. The Bertz CT molecular complexity index is 893. The van der Waals surface area contributed by atoms with Crippen molar-refractivity contribution in [2.45, 2.75) is 25.8 Å². The highest BCUT2D eigenvalue weighted by Crippen LogP contribution is 2.44. The molecule has 0 radical (unpaired) electrons. The molecule has 0 spiro atoms. The predicted octanol–water partition coefficient (Wildman–Crippen LogP) is 4.11. The number of aryl methyl sites for hydroxylation is 1. The van der Waals surface area contributed by atoms with E-state index in [1.807, 2.05) is 6.20 Å². The summed E-state index contributed by atoms with van der Waals surface area (Å²) >= 11 is 1.70. The molecule has 1 aliphatic rings. The first-order chi connectivity index (χ1) is 11.7. The van der Waals surface area contributed by atoms with Gasteiger partial charge >= 0.3 is 0 Å². The fourth-order valence-electron chi connectivity index (χ4n) is 2.80. The Morgan fingerprint density at radius 2 is 2.12 bits per heavy atom. The van der Waals surface area contributed by atoms with E-state index in [0.717, 1.165) is 10.4 Å². The number of fused-ring (bicyclic) bond motifs is 1. The normalized spacial score (nSPS) is 15.5. The Morgan fingerprint density at radius 3 is 2.79 bits per heavy atom. The molecule has 1 unspecified atom stereocenters. The molecule has 124 valence electrons. The molecule has 0 saturated heterocycles. The molecule has 2 heterocycles. The van der Waals surface area contributed by atoms with Gasteiger partial charge in [0.2, 0.25) is 0 Å². The lowest BCUT2D eigenvalue weighted by atomic mass is 10.1. The van der Waals surface area contributed by atoms with Gasteiger partial charge in [-0.15, -0.1) is 11.3 Å². The van der Waals surface area contributed by atoms with Gasteiger partial charge in [0.25, 0.3) is 0 Å². The van der Waals surface area contributed by atoms with E-state index in [4.69, 9.17) is 4.74 Å². The molecule has 2 aromatic heterocycles. The van der Waals surface area contributed by atoms with Crippen LogP contribution in [-0.4, -0.2) is 22.1 Å². The van der Waals surface area contributed by atoms with E-state index in [1.165, 1.54) is 37.2 Å². The highest BCUT2D eigenvalue weighted by atomic mass is 32.1. The third kappa shape index (κ3) is 2.80. The Kier molecular flexibility index (Phi) is 3.80. The summed E-state index contributed by atoms with van der Waals surface area (Å²) in [6.45, 7) is 2.05. The van der Waals surface area contributed by atoms with Crippen molar-refractivity contribution >= 4 is 28.1 Å². The molecule has 1 aromatic carbocycles. The van der Waals surface area contributed by atoms with Crippen molar-refractivity contribution in [2.75, 3.05) is 12.4 Å². The number of methoxy groups -OCH3 is 1. The Labute approximate surface area is 142 Å². The van der Waals surface area contributed by atoms with Crippen LogP contribution >= 0.6 is 11.3 Å². The van der Waals surface area contributed by atoms with Gasteiger partial charge in [-0.05, 0) is 31.7 Å². The molecule has 1 aliphatic carbocycles. The molecular weight excluding hydrogens is 327 g/mol. The largest absolute Gasteiger partial charge is 0.494 e. The van der Waals surface area contributed by atoms with Gasteiger partial charge < -0.3 is 10.1 Å². The van der Waals surface area contributed by atoms with Crippen LogP contribution in [0.4, 0.5) is 10.2 Å². The molecule has 0 aliphatic heterocycles. The van der Waals surface area contributed by atoms with Gasteiger partial charge in [0, 0.05) is 22.5 Å². The van der Waals surface area contributed by atoms with Crippen molar-refractivity contribution in [1.82, 2.24) is 15.0 Å². The van der Waals surface area contributed by atoms with Gasteiger partial charge in [0.05, 0.1) is 18.7 Å². The van der Waals surface area contributed by atoms with Crippen LogP contribution in [0.1, 0.15) is 28.8 Å². The third-order valence-electron chi connectivity index (χ3n) is 4.20. The van der Waals surface area contributed by atoms with Crippen LogP contribution in [0.25, 0.3) is 10.9 Å². The fraction of sp³-hybridized carbons (Fsp3) is 0.353. The number of nitrogens with zero attached hydrogens (tertiary/aromatic N) is 3. The summed E-state index contributed by atoms with van der Waals surface area (Å²) in [7, 11) is 1.45. The number of benzene rings is 1. The van der Waals surface area contributed by atoms with Crippen LogP contribution in [0, 0.1) is 18.7 Å². The number of aromatic nitrogens is 3. The van der Waals surface area contributed by atoms with Gasteiger partial charge in [-0.3, -0.25) is 0 Å². The van der Waals surface area contributed by atoms with Gasteiger partial charge in [-0.1, -0.05) is 0 Å². The van der Waals surface area contributed by atoms with Crippen molar-refractivity contribution in [3.8, 4) is 5.75 Å². The van der Waals surface area contributed by atoms with Gasteiger partial charge in [-0.25, -0.2) is 19.3 Å². The monoisotopic (exact) mass is 344 g/mol. The molecule has 7 heteroatoms. The van der Waals surface area contributed by atoms with E-state index in [-0.39, 0.29) is 11.8 Å². The van der Waals surface area contributed by atoms with Crippen molar-refractivity contribution < 1.29 is 9.13 Å². The van der Waals surface area contributed by atoms with Crippen molar-refractivity contribution in [1.29, 1.82) is 0 Å². The van der Waals surface area contributed by atoms with Crippen LogP contribution < -0.4 is 10.1 Å². The minimum absolute atomic E-state index is 0.123. The number of hydrogen-bond donors (Lipinski definition) is 1. The van der Waals surface area contributed by atoms with Crippen LogP contribution in [0.5, 0.6) is 5.75 Å². The van der Waals surface area contributed by atoms with E-state index < -0.39 is 5.82 Å². The predicted molar refractivity (Wildman–Crippen MR) is 92.0 cm³/mol. The van der Waals surface area contributed by atoms with Crippen molar-refractivity contribution in [3.05, 3.63) is 40.4 Å². The van der Waals surface area contributed by atoms with Crippen LogP contribution in [0.3, 0.4) is 0 Å². The van der Waals surface area contributed by atoms with Crippen molar-refractivity contribution in [2.24, 2.45) is 5.92 Å². The highest BCUT2D eigenvalue weighted by Gasteiger charge is 2.34. The van der Waals surface area contributed by atoms with E-state index >= 15 is 0 Å². The highest BCUT2D eigenvalue weighted by molar-refractivity contribution is 7.11. The fourth-order valence-corrected chi connectivity index (χ4v) is 3.72. The average Bonchev–Trinajstić information content (AvgIpc) is 3.33. The zero-order chi connectivity index (χ0) is 16.7. The zero-order valence-corrected chi connectivity index (χ0v) is 14.2. The first kappa shape index (κ1) is 15.3. The van der Waals surface area contributed by atoms with Crippen LogP contribution in [0.15, 0.2) is 24.7 Å². The third-order valence-corrected chi connectivity index (χ3v) is 5.20. The molecule has 0 bridgehead atoms. The van der Waals surface area contributed by atoms with Gasteiger partial charge in [0.1, 0.15) is 17.2 Å².